The van der Waals surface area contributed by atoms with Gasteiger partial charge in [0.25, 0.3) is 5.91 Å². The summed E-state index contributed by atoms with van der Waals surface area (Å²) in [6.45, 7) is 10.4. The Balaban J connectivity index is 1.57. The molecule has 0 bridgehead atoms. The maximum atomic E-state index is 12.7. The van der Waals surface area contributed by atoms with Crippen molar-refractivity contribution in [2.45, 2.75) is 39.7 Å². The van der Waals surface area contributed by atoms with Crippen molar-refractivity contribution in [3.05, 3.63) is 41.7 Å². The van der Waals surface area contributed by atoms with Crippen LogP contribution in [-0.4, -0.2) is 58.9 Å². The maximum absolute atomic E-state index is 12.7. The van der Waals surface area contributed by atoms with Crippen LogP contribution < -0.4 is 10.2 Å². The number of carbonyl (C=O) groups excluding carboxylic acids is 2. The van der Waals surface area contributed by atoms with Gasteiger partial charge in [-0.25, -0.2) is 9.97 Å². The SMILES string of the molecule is Cc1cc(N2CCN(C(=O)[C@@H](C)NC(=O)c3ccco3)CC2)nc(C(C)C)n1. The van der Waals surface area contributed by atoms with E-state index >= 15 is 0 Å². The Morgan fingerprint density at radius 2 is 1.86 bits per heavy atom. The van der Waals surface area contributed by atoms with Crippen LogP contribution >= 0.6 is 0 Å². The summed E-state index contributed by atoms with van der Waals surface area (Å²) in [4.78, 5) is 37.9. The Morgan fingerprint density at radius 1 is 1.14 bits per heavy atom. The number of piperazine rings is 1. The summed E-state index contributed by atoms with van der Waals surface area (Å²) < 4.78 is 5.06. The van der Waals surface area contributed by atoms with Gasteiger partial charge in [-0.3, -0.25) is 9.59 Å². The van der Waals surface area contributed by atoms with E-state index in [1.807, 2.05) is 13.0 Å². The van der Waals surface area contributed by atoms with Crippen LogP contribution in [0.1, 0.15) is 48.8 Å². The van der Waals surface area contributed by atoms with Crippen molar-refractivity contribution in [3.8, 4) is 0 Å². The molecule has 8 heteroatoms. The number of rotatable bonds is 5. The topological polar surface area (TPSA) is 91.6 Å². The molecule has 0 aromatic carbocycles. The summed E-state index contributed by atoms with van der Waals surface area (Å²) >= 11 is 0. The van der Waals surface area contributed by atoms with Gasteiger partial charge in [-0.05, 0) is 26.0 Å². The molecule has 1 fully saturated rings. The summed E-state index contributed by atoms with van der Waals surface area (Å²) in [6.07, 6.45) is 1.43. The van der Waals surface area contributed by atoms with Crippen LogP contribution in [-0.2, 0) is 4.79 Å². The fourth-order valence-corrected chi connectivity index (χ4v) is 3.16. The van der Waals surface area contributed by atoms with Crippen molar-refractivity contribution in [2.75, 3.05) is 31.1 Å². The van der Waals surface area contributed by atoms with Crippen LogP contribution in [0, 0.1) is 6.92 Å². The van der Waals surface area contributed by atoms with Crippen LogP contribution in [0.2, 0.25) is 0 Å². The third kappa shape index (κ3) is 4.49. The smallest absolute Gasteiger partial charge is 0.287 e. The minimum absolute atomic E-state index is 0.0960. The number of nitrogens with one attached hydrogen (secondary N) is 1. The molecule has 3 heterocycles. The molecule has 0 radical (unpaired) electrons. The highest BCUT2D eigenvalue weighted by molar-refractivity contribution is 5.95. The van der Waals surface area contributed by atoms with Gasteiger partial charge in [0.2, 0.25) is 5.91 Å². The summed E-state index contributed by atoms with van der Waals surface area (Å²) in [5.41, 5.74) is 0.946. The number of aryl methyl sites for hydroxylation is 1. The van der Waals surface area contributed by atoms with Crippen molar-refractivity contribution < 1.29 is 14.0 Å². The molecule has 2 aromatic heterocycles. The zero-order valence-electron chi connectivity index (χ0n) is 16.8. The monoisotopic (exact) mass is 385 g/mol. The molecule has 8 nitrogen and oxygen atoms in total. The van der Waals surface area contributed by atoms with Gasteiger partial charge >= 0.3 is 0 Å². The molecule has 0 spiro atoms. The van der Waals surface area contributed by atoms with Gasteiger partial charge in [-0.15, -0.1) is 0 Å². The number of anilines is 1. The van der Waals surface area contributed by atoms with E-state index in [0.717, 1.165) is 17.3 Å². The first-order valence-electron chi connectivity index (χ1n) is 9.59. The van der Waals surface area contributed by atoms with E-state index < -0.39 is 6.04 Å². The van der Waals surface area contributed by atoms with E-state index in [9.17, 15) is 9.59 Å². The number of furan rings is 1. The Kier molecular flexibility index (Phi) is 5.96. The summed E-state index contributed by atoms with van der Waals surface area (Å²) in [7, 11) is 0. The minimum atomic E-state index is -0.613. The van der Waals surface area contributed by atoms with E-state index in [1.165, 1.54) is 6.26 Å². The Bertz CT molecular complexity index is 826. The van der Waals surface area contributed by atoms with Crippen LogP contribution in [0.5, 0.6) is 0 Å². The number of nitrogens with zero attached hydrogens (tertiary/aromatic N) is 4. The summed E-state index contributed by atoms with van der Waals surface area (Å²) in [6, 6.07) is 4.58. The maximum Gasteiger partial charge on any atom is 0.287 e. The predicted octanol–water partition coefficient (Wildman–Crippen LogP) is 1.97. The van der Waals surface area contributed by atoms with Gasteiger partial charge in [-0.2, -0.15) is 0 Å². The molecule has 2 aromatic rings. The second-order valence-corrected chi connectivity index (χ2v) is 7.37. The second kappa shape index (κ2) is 8.41. The average molecular weight is 385 g/mol. The normalized spacial score (nSPS) is 15.6. The number of hydrogen-bond acceptors (Lipinski definition) is 6. The molecule has 1 N–H and O–H groups in total. The molecule has 0 unspecified atom stereocenters. The second-order valence-electron chi connectivity index (χ2n) is 7.37. The fraction of sp³-hybridized carbons (Fsp3) is 0.500. The lowest BCUT2D eigenvalue weighted by Crippen LogP contribution is -2.54. The van der Waals surface area contributed by atoms with Crippen molar-refractivity contribution in [2.24, 2.45) is 0 Å². The fourth-order valence-electron chi connectivity index (χ4n) is 3.16. The minimum Gasteiger partial charge on any atom is -0.459 e. The highest BCUT2D eigenvalue weighted by Crippen LogP contribution is 2.19. The van der Waals surface area contributed by atoms with E-state index in [2.05, 4.69) is 34.0 Å². The average Bonchev–Trinajstić information content (AvgIpc) is 3.22. The Hall–Kier alpha value is -2.90. The lowest BCUT2D eigenvalue weighted by Gasteiger charge is -2.36. The molecule has 1 aliphatic heterocycles. The molecule has 28 heavy (non-hydrogen) atoms. The predicted molar refractivity (Wildman–Crippen MR) is 105 cm³/mol. The largest absolute Gasteiger partial charge is 0.459 e. The van der Waals surface area contributed by atoms with E-state index in [4.69, 9.17) is 4.42 Å². The van der Waals surface area contributed by atoms with Crippen LogP contribution in [0.3, 0.4) is 0 Å². The van der Waals surface area contributed by atoms with E-state index in [1.54, 1.807) is 24.0 Å². The first-order chi connectivity index (χ1) is 13.3. The summed E-state index contributed by atoms with van der Waals surface area (Å²) in [5, 5.41) is 2.69. The lowest BCUT2D eigenvalue weighted by molar-refractivity contribution is -0.133. The van der Waals surface area contributed by atoms with Gasteiger partial charge in [-0.1, -0.05) is 13.8 Å². The number of hydrogen-bond donors (Lipinski definition) is 1. The van der Waals surface area contributed by atoms with Crippen molar-refractivity contribution in [1.82, 2.24) is 20.2 Å². The molecular weight excluding hydrogens is 358 g/mol. The lowest BCUT2D eigenvalue weighted by atomic mass is 10.2. The molecule has 0 saturated carbocycles. The molecule has 1 atom stereocenters. The van der Waals surface area contributed by atoms with Gasteiger partial charge in [0, 0.05) is 43.9 Å². The summed E-state index contributed by atoms with van der Waals surface area (Å²) in [5.74, 6) is 1.72. The number of carbonyl (C=O) groups is 2. The third-order valence-corrected chi connectivity index (χ3v) is 4.75. The van der Waals surface area contributed by atoms with Gasteiger partial charge in [0.1, 0.15) is 17.7 Å². The zero-order chi connectivity index (χ0) is 20.3. The molecule has 1 saturated heterocycles. The van der Waals surface area contributed by atoms with Gasteiger partial charge in [0.05, 0.1) is 6.26 Å². The van der Waals surface area contributed by atoms with Crippen LogP contribution in [0.15, 0.2) is 28.9 Å². The molecule has 3 rings (SSSR count). The number of aromatic nitrogens is 2. The standard InChI is InChI=1S/C20H27N5O3/c1-13(2)18-21-14(3)12-17(23-18)24-7-9-25(10-8-24)20(27)15(4)22-19(26)16-6-5-11-28-16/h5-6,11-13,15H,7-10H2,1-4H3,(H,22,26)/t15-/m1/s1. The molecular formula is C20H27N5O3. The van der Waals surface area contributed by atoms with Crippen molar-refractivity contribution in [1.29, 1.82) is 0 Å². The van der Waals surface area contributed by atoms with E-state index in [0.29, 0.717) is 26.2 Å². The zero-order valence-corrected chi connectivity index (χ0v) is 16.8. The first-order valence-corrected chi connectivity index (χ1v) is 9.59. The van der Waals surface area contributed by atoms with Crippen molar-refractivity contribution in [3.63, 3.8) is 0 Å². The highest BCUT2D eigenvalue weighted by Gasteiger charge is 2.27. The Morgan fingerprint density at radius 3 is 2.46 bits per heavy atom. The van der Waals surface area contributed by atoms with Crippen molar-refractivity contribution >= 4 is 17.6 Å². The Labute approximate surface area is 164 Å². The molecule has 0 aliphatic carbocycles. The first kappa shape index (κ1) is 19.9. The van der Waals surface area contributed by atoms with Gasteiger partial charge < -0.3 is 19.5 Å². The van der Waals surface area contributed by atoms with Crippen LogP contribution in [0.25, 0.3) is 0 Å². The van der Waals surface area contributed by atoms with E-state index in [-0.39, 0.29) is 23.5 Å². The molecule has 2 amide bonds. The molecule has 1 aliphatic rings. The quantitative estimate of drug-likeness (QED) is 0.846. The van der Waals surface area contributed by atoms with Gasteiger partial charge in [0.15, 0.2) is 5.76 Å². The highest BCUT2D eigenvalue weighted by atomic mass is 16.3. The van der Waals surface area contributed by atoms with Crippen LogP contribution in [0.4, 0.5) is 5.82 Å². The molecule has 150 valence electrons. The number of amides is 2. The third-order valence-electron chi connectivity index (χ3n) is 4.75.